The summed E-state index contributed by atoms with van der Waals surface area (Å²) in [6.45, 7) is 0. The molecule has 0 amide bonds. The Morgan fingerprint density at radius 3 is 0.736 bits per heavy atom. The molecule has 4 nitrogen and oxygen atoms in total. The van der Waals surface area contributed by atoms with Crippen molar-refractivity contribution in [2.75, 3.05) is 0 Å². The van der Waals surface area contributed by atoms with E-state index in [1.165, 1.54) is 0 Å². The van der Waals surface area contributed by atoms with Crippen LogP contribution in [0.25, 0.3) is 90.9 Å². The van der Waals surface area contributed by atoms with Gasteiger partial charge in [0.15, 0.2) is 0 Å². The smallest absolute Gasteiger partial charge is 0.655 e. The van der Waals surface area contributed by atoms with Gasteiger partial charge in [0.25, 0.3) is 0 Å². The first-order valence-electron chi connectivity index (χ1n) is 16.5. The predicted molar refractivity (Wildman–Crippen MR) is 229 cm³/mol. The molecule has 3 aromatic heterocycles. The summed E-state index contributed by atoms with van der Waals surface area (Å²) in [5, 5.41) is 0. The van der Waals surface area contributed by atoms with Crippen molar-refractivity contribution >= 4 is 110 Å². The van der Waals surface area contributed by atoms with E-state index in [0.717, 1.165) is 107 Å². The maximum absolute atomic E-state index is 5.43. The molecule has 4 aromatic carbocycles. The zero-order valence-corrected chi connectivity index (χ0v) is 34.7. The van der Waals surface area contributed by atoms with Crippen LogP contribution >= 0.6 is 63.7 Å². The zero-order valence-electron chi connectivity index (χ0n) is 27.5. The molecule has 9 heteroatoms. The molecule has 0 unspecified atom stereocenters. The number of benzene rings is 4. The molecular formula is C44H24Br4CuN4. The van der Waals surface area contributed by atoms with Crippen LogP contribution in [0.15, 0.2) is 139 Å². The van der Waals surface area contributed by atoms with E-state index in [9.17, 15) is 0 Å². The molecule has 1 radical (unpaired) electrons. The Balaban J connectivity index is 0.00000400. The maximum atomic E-state index is 5.43. The summed E-state index contributed by atoms with van der Waals surface area (Å²) in [6, 6.07) is 41.3. The standard InChI is InChI=1S/C44H24Br4N4.Cu/c45-37-38(46)42-35(27-17-9-3-10-18-27)31-23-24-32(50-31)36(28-19-11-4-12-20-28)44-40(48)39(47)43(52-44)34(26-15-7-2-8-16-26)30-22-21-29(49-30)33(41(37)51-42)25-13-5-1-6-14-25;/h1-24H;/q-2;+2. The average molecular weight is 992 g/mol. The van der Waals surface area contributed by atoms with Gasteiger partial charge >= 0.3 is 17.1 Å². The van der Waals surface area contributed by atoms with Crippen LogP contribution in [0.4, 0.5) is 0 Å². The number of hydrogen-bond donors (Lipinski definition) is 0. The van der Waals surface area contributed by atoms with Crippen molar-refractivity contribution in [3.8, 4) is 44.5 Å². The number of fused-ring (bicyclic) bond motifs is 8. The van der Waals surface area contributed by atoms with Crippen molar-refractivity contribution < 1.29 is 17.1 Å². The van der Waals surface area contributed by atoms with Crippen molar-refractivity contribution in [1.29, 1.82) is 0 Å². The maximum Gasteiger partial charge on any atom is 2.00 e. The van der Waals surface area contributed by atoms with Crippen molar-refractivity contribution in [1.82, 2.24) is 19.9 Å². The van der Waals surface area contributed by atoms with Crippen LogP contribution in [0.2, 0.25) is 0 Å². The molecule has 9 rings (SSSR count). The Morgan fingerprint density at radius 1 is 0.321 bits per heavy atom. The summed E-state index contributed by atoms with van der Waals surface area (Å²) in [7, 11) is 0. The molecule has 5 heterocycles. The molecule has 53 heavy (non-hydrogen) atoms. The van der Waals surface area contributed by atoms with E-state index in [-0.39, 0.29) is 17.1 Å². The van der Waals surface area contributed by atoms with Crippen molar-refractivity contribution in [2.45, 2.75) is 0 Å². The Morgan fingerprint density at radius 2 is 0.528 bits per heavy atom. The normalized spacial score (nSPS) is 11.8. The van der Waals surface area contributed by atoms with Gasteiger partial charge in [-0.25, -0.2) is 9.97 Å². The second kappa shape index (κ2) is 15.0. The molecule has 0 fully saturated rings. The molecule has 0 spiro atoms. The van der Waals surface area contributed by atoms with Gasteiger partial charge in [-0.3, -0.25) is 0 Å². The van der Waals surface area contributed by atoms with E-state index in [1.807, 2.05) is 72.8 Å². The second-order valence-electron chi connectivity index (χ2n) is 12.3. The monoisotopic (exact) mass is 987 g/mol. The van der Waals surface area contributed by atoms with Gasteiger partial charge in [-0.2, -0.15) is 0 Å². The summed E-state index contributed by atoms with van der Waals surface area (Å²) in [5.74, 6) is 0. The summed E-state index contributed by atoms with van der Waals surface area (Å²) in [6.07, 6.45) is 8.31. The van der Waals surface area contributed by atoms with E-state index in [4.69, 9.17) is 19.9 Å². The third-order valence-corrected chi connectivity index (χ3v) is 13.3. The van der Waals surface area contributed by atoms with Gasteiger partial charge in [0.2, 0.25) is 0 Å². The van der Waals surface area contributed by atoms with Crippen LogP contribution in [0.3, 0.4) is 0 Å². The fourth-order valence-corrected chi connectivity index (χ4v) is 8.72. The Labute approximate surface area is 350 Å². The van der Waals surface area contributed by atoms with Gasteiger partial charge in [0.1, 0.15) is 0 Å². The molecule has 0 saturated carbocycles. The quantitative estimate of drug-likeness (QED) is 0.165. The van der Waals surface area contributed by atoms with Gasteiger partial charge in [-0.15, -0.1) is 22.1 Å². The van der Waals surface area contributed by atoms with E-state index in [0.29, 0.717) is 0 Å². The van der Waals surface area contributed by atoms with Crippen LogP contribution in [-0.2, 0) is 17.1 Å². The Hall–Kier alpha value is -4.08. The molecule has 0 N–H and O–H groups in total. The van der Waals surface area contributed by atoms with E-state index in [2.05, 4.69) is 137 Å². The topological polar surface area (TPSA) is 54.0 Å². The molecule has 0 atom stereocenters. The minimum absolute atomic E-state index is 0. The van der Waals surface area contributed by atoms with Crippen LogP contribution in [0.5, 0.6) is 0 Å². The second-order valence-corrected chi connectivity index (χ2v) is 15.4. The SMILES string of the molecule is Brc1c(Br)c2[n-]c1c(-c1ccccc1)c1nc(c(-c3ccccc3)c3[n-]c(c(Br)c3Br)c(-c3ccccc3)c3nc(c2-c2ccccc2)C=C3)C=C1.[Cu+2]. The molecular weight excluding hydrogens is 968 g/mol. The fourth-order valence-electron chi connectivity index (χ4n) is 6.82. The number of nitrogens with zero attached hydrogens (tertiary/aromatic N) is 4. The third-order valence-electron chi connectivity index (χ3n) is 9.17. The zero-order chi connectivity index (χ0) is 35.3. The Bertz CT molecular complexity index is 2390. The van der Waals surface area contributed by atoms with Crippen molar-refractivity contribution in [3.05, 3.63) is 162 Å². The summed E-state index contributed by atoms with van der Waals surface area (Å²) >= 11 is 15.9. The fraction of sp³-hybridized carbons (Fsp3) is 0. The summed E-state index contributed by atoms with van der Waals surface area (Å²) in [5.41, 5.74) is 13.9. The van der Waals surface area contributed by atoms with Crippen LogP contribution in [-0.4, -0.2) is 9.97 Å². The molecule has 0 saturated heterocycles. The van der Waals surface area contributed by atoms with Gasteiger partial charge in [0, 0.05) is 17.9 Å². The van der Waals surface area contributed by atoms with Crippen molar-refractivity contribution in [3.63, 3.8) is 0 Å². The first-order chi connectivity index (χ1) is 25.5. The largest absolute Gasteiger partial charge is 2.00 e. The third kappa shape index (κ3) is 6.37. The molecule has 0 aliphatic carbocycles. The molecule has 7 aromatic rings. The van der Waals surface area contributed by atoms with Crippen molar-refractivity contribution in [2.24, 2.45) is 0 Å². The van der Waals surface area contributed by atoms with Crippen LogP contribution in [0, 0.1) is 0 Å². The van der Waals surface area contributed by atoms with Gasteiger partial charge in [-0.1, -0.05) is 185 Å². The minimum Gasteiger partial charge on any atom is -0.655 e. The van der Waals surface area contributed by atoms with Crippen LogP contribution in [0.1, 0.15) is 22.8 Å². The van der Waals surface area contributed by atoms with Gasteiger partial charge in [0.05, 0.1) is 22.8 Å². The average Bonchev–Trinajstić information content (AvgIpc) is 3.98. The van der Waals surface area contributed by atoms with Gasteiger partial charge in [-0.05, 0) is 68.8 Å². The first kappa shape index (κ1) is 35.9. The summed E-state index contributed by atoms with van der Waals surface area (Å²) < 4.78 is 3.36. The summed E-state index contributed by atoms with van der Waals surface area (Å²) in [4.78, 5) is 21.6. The molecule has 8 bridgehead atoms. The molecule has 259 valence electrons. The number of hydrogen-bond acceptors (Lipinski definition) is 2. The van der Waals surface area contributed by atoms with Gasteiger partial charge < -0.3 is 9.97 Å². The van der Waals surface area contributed by atoms with E-state index in [1.54, 1.807) is 0 Å². The number of aromatic nitrogens is 4. The Kier molecular flexibility index (Phi) is 10.2. The van der Waals surface area contributed by atoms with E-state index >= 15 is 0 Å². The first-order valence-corrected chi connectivity index (χ1v) is 19.7. The predicted octanol–water partition coefficient (Wildman–Crippen LogP) is 13.6. The minimum atomic E-state index is 0. The number of rotatable bonds is 4. The number of halogens is 4. The van der Waals surface area contributed by atoms with Crippen LogP contribution < -0.4 is 9.97 Å². The molecule has 2 aliphatic rings. The van der Waals surface area contributed by atoms with E-state index < -0.39 is 0 Å². The molecule has 2 aliphatic heterocycles.